The predicted octanol–water partition coefficient (Wildman–Crippen LogP) is 3.74. The van der Waals surface area contributed by atoms with E-state index in [0.717, 1.165) is 22.1 Å². The molecular weight excluding hydrogens is 507 g/mol. The molecule has 2 atom stereocenters. The van der Waals surface area contributed by atoms with Gasteiger partial charge in [0.2, 0.25) is 5.91 Å². The number of aromatic nitrogens is 2. The number of nitrogens with zero attached hydrogens (tertiary/aromatic N) is 2. The first-order chi connectivity index (χ1) is 18.2. The average Bonchev–Trinajstić information content (AvgIpc) is 3.27. The summed E-state index contributed by atoms with van der Waals surface area (Å²) < 4.78 is 22.7. The number of rotatable bonds is 5. The number of aliphatic hydroxyl groups is 1. The molecule has 1 amide bonds. The standard InChI is InChI=1S/C28H29FN4O4S/c1-3-28(36)17-9-21-25-15(11-33(21)26(38)16(17)12-37-27(28)35)24-19(31-22(34)5-4-8-30)7-6-14-13(2)18(29)10-20(32-25)23(14)24/h9-10,19,36H,3-8,11-12,30H2,1-2H3,(H,31,34)/t19-,28+/m1/s1. The molecule has 2 aliphatic heterocycles. The summed E-state index contributed by atoms with van der Waals surface area (Å²) in [6, 6.07) is 2.95. The van der Waals surface area contributed by atoms with Gasteiger partial charge in [0.15, 0.2) is 5.60 Å². The van der Waals surface area contributed by atoms with Crippen molar-refractivity contribution in [2.24, 2.45) is 5.73 Å². The molecule has 0 saturated carbocycles. The van der Waals surface area contributed by atoms with Crippen LogP contribution in [0.3, 0.4) is 0 Å². The molecule has 0 spiro atoms. The number of carbonyl (C=O) groups excluding carboxylic acids is 2. The zero-order valence-electron chi connectivity index (χ0n) is 21.3. The Balaban J connectivity index is 1.60. The van der Waals surface area contributed by atoms with Crippen LogP contribution in [0.25, 0.3) is 22.3 Å². The topological polar surface area (TPSA) is 119 Å². The third-order valence-electron chi connectivity index (χ3n) is 8.32. The number of aryl methyl sites for hydroxylation is 1. The molecule has 0 unspecified atom stereocenters. The lowest BCUT2D eigenvalue weighted by molar-refractivity contribution is -0.172. The van der Waals surface area contributed by atoms with Crippen LogP contribution in [0.4, 0.5) is 4.39 Å². The number of halogens is 1. The lowest BCUT2D eigenvalue weighted by Crippen LogP contribution is -2.41. The van der Waals surface area contributed by atoms with Gasteiger partial charge < -0.3 is 25.5 Å². The highest BCUT2D eigenvalue weighted by Crippen LogP contribution is 2.47. The van der Waals surface area contributed by atoms with E-state index in [1.807, 2.05) is 4.57 Å². The third kappa shape index (κ3) is 3.47. The Bertz CT molecular complexity index is 1620. The van der Waals surface area contributed by atoms with Gasteiger partial charge in [-0.3, -0.25) is 4.79 Å². The second-order valence-electron chi connectivity index (χ2n) is 10.4. The summed E-state index contributed by atoms with van der Waals surface area (Å²) in [5.41, 5.74) is 9.98. The molecule has 8 nitrogen and oxygen atoms in total. The fourth-order valence-corrected chi connectivity index (χ4v) is 6.56. The van der Waals surface area contributed by atoms with Gasteiger partial charge in [0, 0.05) is 34.6 Å². The van der Waals surface area contributed by atoms with Crippen molar-refractivity contribution in [2.45, 2.75) is 70.7 Å². The van der Waals surface area contributed by atoms with Gasteiger partial charge in [-0.1, -0.05) is 19.1 Å². The molecule has 0 saturated heterocycles. The van der Waals surface area contributed by atoms with E-state index in [9.17, 15) is 19.1 Å². The number of fused-ring (bicyclic) bond motifs is 5. The summed E-state index contributed by atoms with van der Waals surface area (Å²) in [6.45, 7) is 4.33. The van der Waals surface area contributed by atoms with Crippen molar-refractivity contribution in [3.8, 4) is 11.4 Å². The fourth-order valence-electron chi connectivity index (χ4n) is 6.23. The predicted molar refractivity (Wildman–Crippen MR) is 141 cm³/mol. The van der Waals surface area contributed by atoms with Gasteiger partial charge in [-0.25, -0.2) is 14.2 Å². The number of carbonyl (C=O) groups is 2. The zero-order chi connectivity index (χ0) is 26.9. The van der Waals surface area contributed by atoms with E-state index in [0.29, 0.717) is 77.0 Å². The molecule has 0 fully saturated rings. The van der Waals surface area contributed by atoms with E-state index in [2.05, 4.69) is 5.32 Å². The van der Waals surface area contributed by atoms with Gasteiger partial charge in [0.25, 0.3) is 0 Å². The van der Waals surface area contributed by atoms with Gasteiger partial charge >= 0.3 is 5.97 Å². The first kappa shape index (κ1) is 25.1. The molecule has 0 bridgehead atoms. The zero-order valence-corrected chi connectivity index (χ0v) is 22.1. The summed E-state index contributed by atoms with van der Waals surface area (Å²) in [5, 5.41) is 15.3. The number of esters is 1. The van der Waals surface area contributed by atoms with E-state index in [4.69, 9.17) is 27.7 Å². The van der Waals surface area contributed by atoms with Crippen molar-refractivity contribution in [2.75, 3.05) is 6.54 Å². The van der Waals surface area contributed by atoms with Gasteiger partial charge in [0.1, 0.15) is 17.1 Å². The SMILES string of the molecule is CC[C@@]1(O)C(=O)OCc2c1cc1n(c2=S)Cc2c-1nc1cc(F)c(C)c3c1c2[C@H](NC(=O)CCCN)CC3. The maximum absolute atomic E-state index is 15.0. The maximum atomic E-state index is 15.0. The summed E-state index contributed by atoms with van der Waals surface area (Å²) in [6.07, 6.45) is 2.31. The van der Waals surface area contributed by atoms with E-state index >= 15 is 0 Å². The van der Waals surface area contributed by atoms with Gasteiger partial charge in [0.05, 0.1) is 29.5 Å². The number of hydrogen-bond donors (Lipinski definition) is 3. The van der Waals surface area contributed by atoms with Crippen LogP contribution in [0.1, 0.15) is 72.0 Å². The van der Waals surface area contributed by atoms with Crippen LogP contribution in [-0.4, -0.2) is 33.1 Å². The number of nitrogens with two attached hydrogens (primary N) is 1. The molecule has 6 rings (SSSR count). The number of ether oxygens (including phenoxy) is 1. The molecule has 1 aromatic carbocycles. The number of nitrogens with one attached hydrogen (secondary N) is 1. The molecule has 2 aromatic heterocycles. The summed E-state index contributed by atoms with van der Waals surface area (Å²) >= 11 is 5.85. The van der Waals surface area contributed by atoms with E-state index < -0.39 is 11.6 Å². The third-order valence-corrected chi connectivity index (χ3v) is 8.79. The largest absolute Gasteiger partial charge is 0.458 e. The van der Waals surface area contributed by atoms with Crippen LogP contribution in [0.5, 0.6) is 0 Å². The van der Waals surface area contributed by atoms with Crippen molar-refractivity contribution in [1.29, 1.82) is 0 Å². The second kappa shape index (κ2) is 8.93. The van der Waals surface area contributed by atoms with E-state index in [1.165, 1.54) is 6.07 Å². The fraction of sp³-hybridized carbons (Fsp3) is 0.429. The molecule has 3 aliphatic rings. The molecule has 3 aromatic rings. The molecule has 0 radical (unpaired) electrons. The smallest absolute Gasteiger partial charge is 0.343 e. The van der Waals surface area contributed by atoms with Crippen LogP contribution in [0.15, 0.2) is 12.1 Å². The molecule has 4 N–H and O–H groups in total. The Hall–Kier alpha value is -3.21. The lowest BCUT2D eigenvalue weighted by Gasteiger charge is -2.32. The Morgan fingerprint density at radius 2 is 2.16 bits per heavy atom. The van der Waals surface area contributed by atoms with Crippen LogP contribution in [-0.2, 0) is 39.5 Å². The van der Waals surface area contributed by atoms with Gasteiger partial charge in [-0.2, -0.15) is 0 Å². The molecule has 38 heavy (non-hydrogen) atoms. The van der Waals surface area contributed by atoms with Crippen molar-refractivity contribution >= 4 is 35.0 Å². The normalized spacial score (nSPS) is 21.1. The Morgan fingerprint density at radius 1 is 1.37 bits per heavy atom. The lowest BCUT2D eigenvalue weighted by atomic mass is 9.81. The first-order valence-corrected chi connectivity index (χ1v) is 13.4. The highest BCUT2D eigenvalue weighted by Gasteiger charge is 2.45. The minimum absolute atomic E-state index is 0.0113. The summed E-state index contributed by atoms with van der Waals surface area (Å²) in [7, 11) is 0. The molecule has 10 heteroatoms. The summed E-state index contributed by atoms with van der Waals surface area (Å²) in [5.74, 6) is -1.10. The maximum Gasteiger partial charge on any atom is 0.343 e. The Morgan fingerprint density at radius 3 is 2.89 bits per heavy atom. The quantitative estimate of drug-likeness (QED) is 0.263. The van der Waals surface area contributed by atoms with Gasteiger partial charge in [-0.05, 0) is 61.9 Å². The van der Waals surface area contributed by atoms with Crippen LogP contribution >= 0.6 is 12.2 Å². The average molecular weight is 537 g/mol. The number of amides is 1. The van der Waals surface area contributed by atoms with Crippen LogP contribution < -0.4 is 11.1 Å². The monoisotopic (exact) mass is 536 g/mol. The Labute approximate surface area is 224 Å². The highest BCUT2D eigenvalue weighted by molar-refractivity contribution is 7.71. The molecule has 1 aliphatic carbocycles. The second-order valence-corrected chi connectivity index (χ2v) is 10.7. The van der Waals surface area contributed by atoms with E-state index in [-0.39, 0.29) is 30.8 Å². The van der Waals surface area contributed by atoms with Crippen molar-refractivity contribution in [3.63, 3.8) is 0 Å². The van der Waals surface area contributed by atoms with Crippen molar-refractivity contribution < 1.29 is 23.8 Å². The van der Waals surface area contributed by atoms with Crippen molar-refractivity contribution in [3.05, 3.63) is 56.0 Å². The molecule has 198 valence electrons. The first-order valence-electron chi connectivity index (χ1n) is 13.0. The Kier molecular flexibility index (Phi) is 5.89. The molecule has 4 heterocycles. The number of pyridine rings is 2. The minimum atomic E-state index is -1.81. The molecular formula is C28H29FN4O4S. The minimum Gasteiger partial charge on any atom is -0.458 e. The van der Waals surface area contributed by atoms with Crippen molar-refractivity contribution in [1.82, 2.24) is 14.9 Å². The summed E-state index contributed by atoms with van der Waals surface area (Å²) in [4.78, 5) is 30.2. The highest BCUT2D eigenvalue weighted by atomic mass is 32.1. The number of benzene rings is 1. The van der Waals surface area contributed by atoms with Crippen LogP contribution in [0, 0.1) is 17.4 Å². The van der Waals surface area contributed by atoms with Crippen LogP contribution in [0.2, 0.25) is 0 Å². The van der Waals surface area contributed by atoms with E-state index in [1.54, 1.807) is 19.9 Å². The van der Waals surface area contributed by atoms with Gasteiger partial charge in [-0.15, -0.1) is 0 Å². The number of hydrogen-bond acceptors (Lipinski definition) is 7. The number of cyclic esters (lactones) is 1.